The molecule has 1 atom stereocenters. The van der Waals surface area contributed by atoms with Crippen LogP contribution in [-0.4, -0.2) is 86.7 Å². The zero-order valence-corrected chi connectivity index (χ0v) is 21.9. The minimum atomic E-state index is 0. The summed E-state index contributed by atoms with van der Waals surface area (Å²) in [6.45, 7) is 8.14. The molecule has 182 valence electrons. The van der Waals surface area contributed by atoms with E-state index in [1.807, 2.05) is 17.0 Å². The van der Waals surface area contributed by atoms with E-state index in [0.717, 1.165) is 63.7 Å². The number of likely N-dealkylation sites (N-methyl/N-ethyl adjacent to an activating group) is 1. The van der Waals surface area contributed by atoms with Gasteiger partial charge in [0.15, 0.2) is 5.96 Å². The van der Waals surface area contributed by atoms with Gasteiger partial charge in [-0.1, -0.05) is 6.92 Å². The van der Waals surface area contributed by atoms with Gasteiger partial charge in [0.1, 0.15) is 5.76 Å². The van der Waals surface area contributed by atoms with Crippen LogP contribution in [-0.2, 0) is 16.0 Å². The summed E-state index contributed by atoms with van der Waals surface area (Å²) in [5.74, 6) is 2.04. The molecular formula is C23H40IN5O3. The molecule has 9 heteroatoms. The lowest BCUT2D eigenvalue weighted by molar-refractivity contribution is -0.133. The fourth-order valence-corrected chi connectivity index (χ4v) is 4.44. The number of likely N-dealkylation sites (tertiary alicyclic amines) is 2. The Morgan fingerprint density at radius 3 is 2.78 bits per heavy atom. The van der Waals surface area contributed by atoms with Gasteiger partial charge in [-0.25, -0.2) is 0 Å². The summed E-state index contributed by atoms with van der Waals surface area (Å²) in [6, 6.07) is 4.78. The van der Waals surface area contributed by atoms with Crippen molar-refractivity contribution in [1.82, 2.24) is 20.4 Å². The van der Waals surface area contributed by atoms with Gasteiger partial charge in [-0.15, -0.1) is 24.0 Å². The molecule has 0 aliphatic carbocycles. The minimum Gasteiger partial charge on any atom is -0.469 e. The Balaban J connectivity index is 0.00000363. The largest absolute Gasteiger partial charge is 0.469 e. The number of rotatable bonds is 10. The molecule has 0 saturated carbocycles. The van der Waals surface area contributed by atoms with Gasteiger partial charge in [0, 0.05) is 45.2 Å². The van der Waals surface area contributed by atoms with Crippen molar-refractivity contribution in [3.05, 3.63) is 24.2 Å². The number of carbonyl (C=O) groups excluding carboxylic acids is 1. The predicted octanol–water partition coefficient (Wildman–Crippen LogP) is 2.49. The lowest BCUT2D eigenvalue weighted by Gasteiger charge is -2.33. The summed E-state index contributed by atoms with van der Waals surface area (Å²) >= 11 is 0. The van der Waals surface area contributed by atoms with Crippen molar-refractivity contribution < 1.29 is 13.9 Å². The van der Waals surface area contributed by atoms with Crippen LogP contribution in [0.4, 0.5) is 0 Å². The van der Waals surface area contributed by atoms with Crippen molar-refractivity contribution in [3.63, 3.8) is 0 Å². The number of hydrogen-bond donors (Lipinski definition) is 2. The quantitative estimate of drug-likeness (QED) is 0.260. The molecule has 2 saturated heterocycles. The molecule has 1 aromatic rings. The molecule has 3 heterocycles. The van der Waals surface area contributed by atoms with Crippen LogP contribution in [0.15, 0.2) is 27.8 Å². The summed E-state index contributed by atoms with van der Waals surface area (Å²) < 4.78 is 10.5. The highest BCUT2D eigenvalue weighted by Gasteiger charge is 2.25. The number of ether oxygens (including phenoxy) is 1. The smallest absolute Gasteiger partial charge is 0.224 e. The molecule has 0 bridgehead atoms. The first-order valence-corrected chi connectivity index (χ1v) is 11.8. The van der Waals surface area contributed by atoms with Gasteiger partial charge < -0.3 is 24.7 Å². The molecule has 1 unspecified atom stereocenters. The molecule has 2 aliphatic rings. The highest BCUT2D eigenvalue weighted by Crippen LogP contribution is 2.17. The second-order valence-electron chi connectivity index (χ2n) is 8.41. The maximum atomic E-state index is 12.2. The van der Waals surface area contributed by atoms with E-state index < -0.39 is 0 Å². The number of piperidine rings is 1. The van der Waals surface area contributed by atoms with Crippen LogP contribution in [0.25, 0.3) is 0 Å². The number of nitrogens with zero attached hydrogens (tertiary/aromatic N) is 3. The molecule has 0 radical (unpaired) electrons. The molecule has 0 aromatic carbocycles. The third-order valence-corrected chi connectivity index (χ3v) is 6.32. The second-order valence-corrected chi connectivity index (χ2v) is 8.41. The van der Waals surface area contributed by atoms with Gasteiger partial charge in [-0.2, -0.15) is 0 Å². The summed E-state index contributed by atoms with van der Waals surface area (Å²) in [4.78, 5) is 21.6. The van der Waals surface area contributed by atoms with Crippen LogP contribution in [0.3, 0.4) is 0 Å². The number of carbonyl (C=O) groups is 1. The third-order valence-electron chi connectivity index (χ3n) is 6.32. The van der Waals surface area contributed by atoms with Crippen LogP contribution >= 0.6 is 24.0 Å². The van der Waals surface area contributed by atoms with Crippen molar-refractivity contribution in [1.29, 1.82) is 0 Å². The Morgan fingerprint density at radius 1 is 1.28 bits per heavy atom. The predicted molar refractivity (Wildman–Crippen MR) is 138 cm³/mol. The number of hydrogen-bond acceptors (Lipinski definition) is 5. The Kier molecular flexibility index (Phi) is 12.4. The number of aliphatic imine (C=N–C) groups is 1. The number of furan rings is 1. The second kappa shape index (κ2) is 14.7. The summed E-state index contributed by atoms with van der Waals surface area (Å²) in [5, 5.41) is 7.11. The SMILES string of the molecule is CCN1CCCC1CN=C(NCCc1ccco1)NC1CCN(C(=O)CCOC)CC1.I. The minimum absolute atomic E-state index is 0. The maximum Gasteiger partial charge on any atom is 0.224 e. The monoisotopic (exact) mass is 561 g/mol. The van der Waals surface area contributed by atoms with Crippen molar-refractivity contribution in [2.24, 2.45) is 4.99 Å². The van der Waals surface area contributed by atoms with Crippen LogP contribution in [0.1, 0.15) is 44.8 Å². The summed E-state index contributed by atoms with van der Waals surface area (Å²) in [7, 11) is 1.63. The first kappa shape index (κ1) is 26.9. The van der Waals surface area contributed by atoms with Gasteiger partial charge in [-0.3, -0.25) is 14.7 Å². The molecular weight excluding hydrogens is 521 g/mol. The normalized spacial score (nSPS) is 20.2. The molecule has 0 spiro atoms. The van der Waals surface area contributed by atoms with E-state index in [9.17, 15) is 4.79 Å². The van der Waals surface area contributed by atoms with E-state index in [1.165, 1.54) is 19.4 Å². The lowest BCUT2D eigenvalue weighted by Crippen LogP contribution is -2.50. The molecule has 8 nitrogen and oxygen atoms in total. The highest BCUT2D eigenvalue weighted by molar-refractivity contribution is 14.0. The number of guanidine groups is 1. The molecule has 2 N–H and O–H groups in total. The van der Waals surface area contributed by atoms with Crippen molar-refractivity contribution in [2.75, 3.05) is 53.0 Å². The molecule has 2 aliphatic heterocycles. The molecule has 1 aromatic heterocycles. The van der Waals surface area contributed by atoms with Crippen LogP contribution in [0, 0.1) is 0 Å². The Morgan fingerprint density at radius 2 is 2.09 bits per heavy atom. The highest BCUT2D eigenvalue weighted by atomic mass is 127. The maximum absolute atomic E-state index is 12.2. The van der Waals surface area contributed by atoms with Gasteiger partial charge in [-0.05, 0) is 50.9 Å². The number of halogens is 1. The number of amides is 1. The Labute approximate surface area is 209 Å². The van der Waals surface area contributed by atoms with Gasteiger partial charge >= 0.3 is 0 Å². The van der Waals surface area contributed by atoms with Crippen molar-refractivity contribution >= 4 is 35.8 Å². The van der Waals surface area contributed by atoms with Crippen LogP contribution in [0.2, 0.25) is 0 Å². The van der Waals surface area contributed by atoms with E-state index in [1.54, 1.807) is 13.4 Å². The Hall–Kier alpha value is -1.33. The fraction of sp³-hybridized carbons (Fsp3) is 0.739. The van der Waals surface area contributed by atoms with E-state index in [4.69, 9.17) is 14.1 Å². The van der Waals surface area contributed by atoms with Crippen LogP contribution in [0.5, 0.6) is 0 Å². The van der Waals surface area contributed by atoms with Gasteiger partial charge in [0.2, 0.25) is 5.91 Å². The first-order chi connectivity index (χ1) is 15.2. The fourth-order valence-electron chi connectivity index (χ4n) is 4.44. The van der Waals surface area contributed by atoms with Gasteiger partial charge in [0.05, 0.1) is 25.8 Å². The van der Waals surface area contributed by atoms with Gasteiger partial charge in [0.25, 0.3) is 0 Å². The zero-order valence-electron chi connectivity index (χ0n) is 19.6. The molecule has 2 fully saturated rings. The van der Waals surface area contributed by atoms with E-state index in [2.05, 4.69) is 22.5 Å². The summed E-state index contributed by atoms with van der Waals surface area (Å²) in [5.41, 5.74) is 0. The summed E-state index contributed by atoms with van der Waals surface area (Å²) in [6.07, 6.45) is 7.35. The van der Waals surface area contributed by atoms with Crippen molar-refractivity contribution in [2.45, 2.75) is 57.5 Å². The standard InChI is InChI=1S/C23H39N5O3.HI/c1-3-27-13-4-6-20(27)18-25-23(24-12-8-21-7-5-16-31-21)26-19-9-14-28(15-10-19)22(29)11-17-30-2;/h5,7,16,19-20H,3-4,6,8-15,17-18H2,1-2H3,(H2,24,25,26);1H. The van der Waals surface area contributed by atoms with Crippen molar-refractivity contribution in [3.8, 4) is 0 Å². The zero-order chi connectivity index (χ0) is 21.9. The Bertz CT molecular complexity index is 677. The van der Waals surface area contributed by atoms with E-state index in [0.29, 0.717) is 25.1 Å². The number of methoxy groups -OCH3 is 1. The average Bonchev–Trinajstić information content (AvgIpc) is 3.48. The first-order valence-electron chi connectivity index (χ1n) is 11.8. The average molecular weight is 562 g/mol. The topological polar surface area (TPSA) is 82.3 Å². The van der Waals surface area contributed by atoms with Crippen LogP contribution < -0.4 is 10.6 Å². The molecule has 32 heavy (non-hydrogen) atoms. The van der Waals surface area contributed by atoms with E-state index >= 15 is 0 Å². The third kappa shape index (κ3) is 8.55. The number of nitrogens with one attached hydrogen (secondary N) is 2. The molecule has 3 rings (SSSR count). The van der Waals surface area contributed by atoms with E-state index in [-0.39, 0.29) is 29.9 Å². The molecule has 1 amide bonds. The lowest BCUT2D eigenvalue weighted by atomic mass is 10.0.